The van der Waals surface area contributed by atoms with E-state index in [0.717, 1.165) is 6.07 Å². The topological polar surface area (TPSA) is 55.1 Å². The Morgan fingerprint density at radius 3 is 2.50 bits per heavy atom. The number of ketones is 1. The minimum atomic E-state index is -0.704. The number of aromatic nitrogens is 1. The van der Waals surface area contributed by atoms with Gasteiger partial charge in [0, 0.05) is 22.8 Å². The standard InChI is InChI=1S/C18H21BrF2N2O2S/c1-9-17(10(2)25-22-9)16(24)8-15(23-26-18(3,4)5)11-6-12(19)14(21)7-13(11)20/h6-7,15,23H,8H2,1-5H3. The first-order valence-corrected chi connectivity index (χ1v) is 9.64. The summed E-state index contributed by atoms with van der Waals surface area (Å²) in [6.07, 6.45) is -0.0129. The second-order valence-electron chi connectivity index (χ2n) is 7.00. The molecular formula is C18H21BrF2N2O2S. The zero-order valence-electron chi connectivity index (χ0n) is 15.2. The van der Waals surface area contributed by atoms with Gasteiger partial charge in [-0.1, -0.05) is 17.1 Å². The van der Waals surface area contributed by atoms with E-state index in [1.807, 2.05) is 20.8 Å². The fourth-order valence-corrected chi connectivity index (χ4v) is 3.50. The molecule has 1 unspecified atom stereocenters. The molecule has 1 N–H and O–H groups in total. The van der Waals surface area contributed by atoms with Crippen LogP contribution in [-0.2, 0) is 0 Å². The molecule has 0 saturated heterocycles. The number of nitrogens with zero attached hydrogens (tertiary/aromatic N) is 1. The molecule has 0 amide bonds. The van der Waals surface area contributed by atoms with Crippen LogP contribution in [0.2, 0.25) is 0 Å². The Morgan fingerprint density at radius 1 is 1.31 bits per heavy atom. The van der Waals surface area contributed by atoms with Crippen LogP contribution in [0.1, 0.15) is 60.6 Å². The summed E-state index contributed by atoms with van der Waals surface area (Å²) in [5.74, 6) is -1.18. The fourth-order valence-electron chi connectivity index (χ4n) is 2.44. The molecule has 26 heavy (non-hydrogen) atoms. The first-order chi connectivity index (χ1) is 12.0. The van der Waals surface area contributed by atoms with E-state index in [-0.39, 0.29) is 27.0 Å². The number of carbonyl (C=O) groups is 1. The Bertz CT molecular complexity index is 799. The predicted octanol–water partition coefficient (Wildman–Crippen LogP) is 5.68. The molecule has 1 aromatic heterocycles. The summed E-state index contributed by atoms with van der Waals surface area (Å²) in [6, 6.07) is 1.54. The van der Waals surface area contributed by atoms with Crippen LogP contribution in [0.3, 0.4) is 0 Å². The van der Waals surface area contributed by atoms with E-state index in [0.29, 0.717) is 17.0 Å². The van der Waals surface area contributed by atoms with Crippen molar-refractivity contribution in [3.05, 3.63) is 50.8 Å². The van der Waals surface area contributed by atoms with E-state index >= 15 is 0 Å². The van der Waals surface area contributed by atoms with Crippen molar-refractivity contribution in [2.45, 2.75) is 51.8 Å². The maximum Gasteiger partial charge on any atom is 0.170 e. The van der Waals surface area contributed by atoms with E-state index in [1.54, 1.807) is 13.8 Å². The van der Waals surface area contributed by atoms with Gasteiger partial charge < -0.3 is 4.52 Å². The van der Waals surface area contributed by atoms with Crippen LogP contribution >= 0.6 is 27.9 Å². The monoisotopic (exact) mass is 446 g/mol. The molecule has 0 radical (unpaired) electrons. The van der Waals surface area contributed by atoms with Crippen LogP contribution in [-0.4, -0.2) is 15.7 Å². The maximum absolute atomic E-state index is 14.4. The molecule has 2 aromatic rings. The number of carbonyl (C=O) groups excluding carboxylic acids is 1. The van der Waals surface area contributed by atoms with Gasteiger partial charge in [-0.3, -0.25) is 9.52 Å². The Labute approximate surface area is 164 Å². The zero-order valence-corrected chi connectivity index (χ0v) is 17.6. The van der Waals surface area contributed by atoms with E-state index in [1.165, 1.54) is 18.0 Å². The third kappa shape index (κ3) is 5.14. The maximum atomic E-state index is 14.4. The molecule has 0 aliphatic rings. The van der Waals surface area contributed by atoms with Crippen molar-refractivity contribution in [1.82, 2.24) is 9.88 Å². The highest BCUT2D eigenvalue weighted by atomic mass is 79.9. The fraction of sp³-hybridized carbons (Fsp3) is 0.444. The van der Waals surface area contributed by atoms with E-state index in [2.05, 4.69) is 25.8 Å². The average Bonchev–Trinajstić information content (AvgIpc) is 2.85. The van der Waals surface area contributed by atoms with Gasteiger partial charge in [0.2, 0.25) is 0 Å². The third-order valence-electron chi connectivity index (χ3n) is 3.62. The lowest BCUT2D eigenvalue weighted by Crippen LogP contribution is -2.25. The van der Waals surface area contributed by atoms with Crippen molar-refractivity contribution in [1.29, 1.82) is 0 Å². The summed E-state index contributed by atoms with van der Waals surface area (Å²) in [5.41, 5.74) is 1.12. The summed E-state index contributed by atoms with van der Waals surface area (Å²) in [7, 11) is 0. The minimum absolute atomic E-state index is 0.0129. The van der Waals surface area contributed by atoms with Gasteiger partial charge in [-0.2, -0.15) is 0 Å². The summed E-state index contributed by atoms with van der Waals surface area (Å²) in [4.78, 5) is 12.8. The molecule has 1 aromatic carbocycles. The number of benzene rings is 1. The number of Topliss-reactive ketones (excluding diaryl/α,β-unsaturated/α-hetero) is 1. The summed E-state index contributed by atoms with van der Waals surface area (Å²) < 4.78 is 36.2. The van der Waals surface area contributed by atoms with Gasteiger partial charge in [0.05, 0.1) is 21.8 Å². The Morgan fingerprint density at radius 2 is 1.96 bits per heavy atom. The number of hydrogen-bond donors (Lipinski definition) is 1. The molecular weight excluding hydrogens is 426 g/mol. The minimum Gasteiger partial charge on any atom is -0.361 e. The Balaban J connectivity index is 2.35. The van der Waals surface area contributed by atoms with E-state index in [9.17, 15) is 13.6 Å². The molecule has 0 bridgehead atoms. The van der Waals surface area contributed by atoms with Crippen molar-refractivity contribution in [3.8, 4) is 0 Å². The lowest BCUT2D eigenvalue weighted by molar-refractivity contribution is 0.0970. The van der Waals surface area contributed by atoms with E-state index < -0.39 is 17.7 Å². The number of rotatable bonds is 6. The van der Waals surface area contributed by atoms with E-state index in [4.69, 9.17) is 4.52 Å². The average molecular weight is 447 g/mol. The van der Waals surface area contributed by atoms with Crippen molar-refractivity contribution >= 4 is 33.7 Å². The molecule has 8 heteroatoms. The van der Waals surface area contributed by atoms with Gasteiger partial charge in [0.25, 0.3) is 0 Å². The summed E-state index contributed by atoms with van der Waals surface area (Å²) in [6.45, 7) is 9.33. The Hall–Kier alpha value is -1.25. The molecule has 1 atom stereocenters. The largest absolute Gasteiger partial charge is 0.361 e. The van der Waals surface area contributed by atoms with Crippen LogP contribution in [0.4, 0.5) is 8.78 Å². The number of hydrogen-bond acceptors (Lipinski definition) is 5. The van der Waals surface area contributed by atoms with Gasteiger partial charge >= 0.3 is 0 Å². The van der Waals surface area contributed by atoms with Crippen LogP contribution in [0, 0.1) is 25.5 Å². The number of aryl methyl sites for hydroxylation is 2. The van der Waals surface area contributed by atoms with Gasteiger partial charge in [-0.25, -0.2) is 8.78 Å². The molecule has 0 saturated carbocycles. The number of halogens is 3. The first-order valence-electron chi connectivity index (χ1n) is 8.03. The molecule has 4 nitrogen and oxygen atoms in total. The predicted molar refractivity (Wildman–Crippen MR) is 102 cm³/mol. The van der Waals surface area contributed by atoms with Crippen molar-refractivity contribution in [3.63, 3.8) is 0 Å². The lowest BCUT2D eigenvalue weighted by Gasteiger charge is -2.24. The number of nitrogens with one attached hydrogen (secondary N) is 1. The normalized spacial score (nSPS) is 13.1. The van der Waals surface area contributed by atoms with Crippen LogP contribution in [0.25, 0.3) is 0 Å². The van der Waals surface area contributed by atoms with Gasteiger partial charge in [0.15, 0.2) is 5.78 Å². The molecule has 0 aliphatic carbocycles. The molecule has 0 spiro atoms. The van der Waals surface area contributed by atoms with Gasteiger partial charge in [-0.15, -0.1) is 0 Å². The Kier molecular flexibility index (Phi) is 6.63. The second-order valence-corrected chi connectivity index (χ2v) is 9.52. The molecule has 0 fully saturated rings. The highest BCUT2D eigenvalue weighted by molar-refractivity contribution is 9.10. The highest BCUT2D eigenvalue weighted by Crippen LogP contribution is 2.32. The van der Waals surface area contributed by atoms with Crippen LogP contribution < -0.4 is 4.72 Å². The quantitative estimate of drug-likeness (QED) is 0.351. The summed E-state index contributed by atoms with van der Waals surface area (Å²) in [5, 5.41) is 3.79. The van der Waals surface area contributed by atoms with Crippen molar-refractivity contribution < 1.29 is 18.1 Å². The summed E-state index contributed by atoms with van der Waals surface area (Å²) >= 11 is 4.47. The molecule has 142 valence electrons. The van der Waals surface area contributed by atoms with Crippen LogP contribution in [0.15, 0.2) is 21.1 Å². The smallest absolute Gasteiger partial charge is 0.170 e. The first kappa shape index (κ1) is 21.1. The van der Waals surface area contributed by atoms with Crippen molar-refractivity contribution in [2.75, 3.05) is 0 Å². The molecule has 2 rings (SSSR count). The SMILES string of the molecule is Cc1noc(C)c1C(=O)CC(NSC(C)(C)C)c1cc(Br)c(F)cc1F. The lowest BCUT2D eigenvalue weighted by atomic mass is 9.97. The molecule has 0 aliphatic heterocycles. The highest BCUT2D eigenvalue weighted by Gasteiger charge is 2.26. The third-order valence-corrected chi connectivity index (χ3v) is 5.25. The zero-order chi connectivity index (χ0) is 19.6. The van der Waals surface area contributed by atoms with Crippen molar-refractivity contribution in [2.24, 2.45) is 0 Å². The second kappa shape index (κ2) is 8.19. The van der Waals surface area contributed by atoms with Crippen LogP contribution in [0.5, 0.6) is 0 Å². The molecule has 1 heterocycles. The van der Waals surface area contributed by atoms with Gasteiger partial charge in [0.1, 0.15) is 17.4 Å². The van der Waals surface area contributed by atoms with Gasteiger partial charge in [-0.05, 0) is 56.6 Å².